The third kappa shape index (κ3) is 3.43. The van der Waals surface area contributed by atoms with Gasteiger partial charge in [0.05, 0.1) is 22.2 Å². The predicted molar refractivity (Wildman–Crippen MR) is 121 cm³/mol. The number of hydrogen-bond donors (Lipinski definition) is 1. The number of fused-ring (bicyclic) bond motifs is 1. The second-order valence-electron chi connectivity index (χ2n) is 8.29. The standard InChI is InChI=1S/C23H28N4O3S/c1-14-15(2)17(4)22(18(5)16(14)3)31(29,30)27-11-9-26(10-12-27)23(28)20-8-6-7-19-13-24-25-21(19)20/h6-8,13H,9-12H2,1-5H3,(H,24,25). The number of rotatable bonds is 3. The fourth-order valence-corrected chi connectivity index (χ4v) is 6.41. The van der Waals surface area contributed by atoms with Crippen molar-refractivity contribution in [1.82, 2.24) is 19.4 Å². The quantitative estimate of drug-likeness (QED) is 0.677. The highest BCUT2D eigenvalue weighted by molar-refractivity contribution is 7.89. The van der Waals surface area contributed by atoms with Crippen molar-refractivity contribution in [2.24, 2.45) is 0 Å². The van der Waals surface area contributed by atoms with Crippen LogP contribution in [0.15, 0.2) is 29.3 Å². The summed E-state index contributed by atoms with van der Waals surface area (Å²) < 4.78 is 28.6. The van der Waals surface area contributed by atoms with Crippen LogP contribution in [0.1, 0.15) is 38.2 Å². The van der Waals surface area contributed by atoms with Gasteiger partial charge in [0.15, 0.2) is 0 Å². The van der Waals surface area contributed by atoms with E-state index in [0.29, 0.717) is 29.1 Å². The number of piperazine rings is 1. The highest BCUT2D eigenvalue weighted by atomic mass is 32.2. The molecule has 0 radical (unpaired) electrons. The Morgan fingerprint density at radius 1 is 0.903 bits per heavy atom. The van der Waals surface area contributed by atoms with Crippen LogP contribution in [0, 0.1) is 34.6 Å². The SMILES string of the molecule is Cc1c(C)c(C)c(S(=O)(=O)N2CCN(C(=O)c3cccc4cn[nH]c34)CC2)c(C)c1C. The lowest BCUT2D eigenvalue weighted by molar-refractivity contribution is 0.0699. The van der Waals surface area contributed by atoms with Crippen molar-refractivity contribution < 1.29 is 13.2 Å². The van der Waals surface area contributed by atoms with Gasteiger partial charge in [0.1, 0.15) is 0 Å². The first kappa shape index (κ1) is 21.5. The van der Waals surface area contributed by atoms with Crippen LogP contribution >= 0.6 is 0 Å². The molecule has 1 saturated heterocycles. The van der Waals surface area contributed by atoms with Crippen molar-refractivity contribution in [2.75, 3.05) is 26.2 Å². The minimum Gasteiger partial charge on any atom is -0.336 e. The molecule has 164 valence electrons. The maximum atomic E-state index is 13.5. The van der Waals surface area contributed by atoms with Crippen LogP contribution in [-0.4, -0.2) is 59.9 Å². The molecule has 1 amide bonds. The molecule has 0 unspecified atom stereocenters. The Hall–Kier alpha value is -2.71. The van der Waals surface area contributed by atoms with Gasteiger partial charge >= 0.3 is 0 Å². The van der Waals surface area contributed by atoms with Crippen LogP contribution in [-0.2, 0) is 10.0 Å². The molecule has 1 aliphatic rings. The fraction of sp³-hybridized carbons (Fsp3) is 0.391. The first-order valence-corrected chi connectivity index (χ1v) is 11.9. The van der Waals surface area contributed by atoms with Gasteiger partial charge in [-0.15, -0.1) is 0 Å². The molecule has 0 spiro atoms. The first-order chi connectivity index (χ1) is 14.6. The molecule has 0 aliphatic carbocycles. The van der Waals surface area contributed by atoms with Crippen molar-refractivity contribution in [2.45, 2.75) is 39.5 Å². The van der Waals surface area contributed by atoms with Gasteiger partial charge in [0, 0.05) is 31.6 Å². The number of benzene rings is 2. The van der Waals surface area contributed by atoms with Gasteiger partial charge in [-0.2, -0.15) is 9.40 Å². The molecule has 2 heterocycles. The van der Waals surface area contributed by atoms with E-state index in [1.54, 1.807) is 17.2 Å². The summed E-state index contributed by atoms with van der Waals surface area (Å²) in [6.07, 6.45) is 1.69. The van der Waals surface area contributed by atoms with E-state index in [1.165, 1.54) is 4.31 Å². The van der Waals surface area contributed by atoms with Crippen LogP contribution < -0.4 is 0 Å². The van der Waals surface area contributed by atoms with Crippen LogP contribution in [0.2, 0.25) is 0 Å². The molecule has 3 aromatic rings. The second-order valence-corrected chi connectivity index (χ2v) is 10.2. The van der Waals surface area contributed by atoms with Crippen LogP contribution in [0.5, 0.6) is 0 Å². The normalized spacial score (nSPS) is 15.6. The zero-order valence-corrected chi connectivity index (χ0v) is 19.4. The average Bonchev–Trinajstić information content (AvgIpc) is 3.25. The summed E-state index contributed by atoms with van der Waals surface area (Å²) in [6.45, 7) is 11.0. The fourth-order valence-electron chi connectivity index (χ4n) is 4.43. The van der Waals surface area contributed by atoms with Crippen molar-refractivity contribution in [3.05, 3.63) is 57.8 Å². The molecule has 0 saturated carbocycles. The van der Waals surface area contributed by atoms with Crippen molar-refractivity contribution in [3.8, 4) is 0 Å². The molecule has 31 heavy (non-hydrogen) atoms. The second kappa shape index (κ2) is 7.76. The number of H-pyrrole nitrogens is 1. The van der Waals surface area contributed by atoms with E-state index in [-0.39, 0.29) is 19.0 Å². The number of aromatic amines is 1. The lowest BCUT2D eigenvalue weighted by atomic mass is 9.95. The monoisotopic (exact) mass is 440 g/mol. The molecule has 1 fully saturated rings. The maximum Gasteiger partial charge on any atom is 0.256 e. The lowest BCUT2D eigenvalue weighted by Gasteiger charge is -2.35. The Balaban J connectivity index is 1.58. The maximum absolute atomic E-state index is 13.5. The molecule has 2 aromatic carbocycles. The Morgan fingerprint density at radius 2 is 1.48 bits per heavy atom. The summed E-state index contributed by atoms with van der Waals surface area (Å²) in [4.78, 5) is 15.2. The van der Waals surface area contributed by atoms with E-state index in [1.807, 2.05) is 46.8 Å². The minimum absolute atomic E-state index is 0.110. The molecule has 1 N–H and O–H groups in total. The topological polar surface area (TPSA) is 86.4 Å². The number of hydrogen-bond acceptors (Lipinski definition) is 4. The van der Waals surface area contributed by atoms with E-state index < -0.39 is 10.0 Å². The molecule has 4 rings (SSSR count). The number of sulfonamides is 1. The third-order valence-electron chi connectivity index (χ3n) is 6.76. The molecule has 0 atom stereocenters. The zero-order chi connectivity index (χ0) is 22.5. The first-order valence-electron chi connectivity index (χ1n) is 10.4. The summed E-state index contributed by atoms with van der Waals surface area (Å²) in [5.41, 5.74) is 6.06. The molecular formula is C23H28N4O3S. The average molecular weight is 441 g/mol. The number of nitrogens with zero attached hydrogens (tertiary/aromatic N) is 3. The number of carbonyl (C=O) groups excluding carboxylic acids is 1. The van der Waals surface area contributed by atoms with Gasteiger partial charge in [0.2, 0.25) is 10.0 Å². The van der Waals surface area contributed by atoms with Crippen molar-refractivity contribution in [3.63, 3.8) is 0 Å². The molecular weight excluding hydrogens is 412 g/mol. The van der Waals surface area contributed by atoms with Crippen molar-refractivity contribution in [1.29, 1.82) is 0 Å². The Morgan fingerprint density at radius 3 is 2.10 bits per heavy atom. The predicted octanol–water partition coefficient (Wildman–Crippen LogP) is 3.25. The summed E-state index contributed by atoms with van der Waals surface area (Å²) in [7, 11) is -3.65. The Labute approximate surface area is 183 Å². The van der Waals surface area contributed by atoms with Gasteiger partial charge in [-0.05, 0) is 68.5 Å². The highest BCUT2D eigenvalue weighted by Gasteiger charge is 2.33. The number of carbonyl (C=O) groups is 1. The molecule has 0 bridgehead atoms. The number of amides is 1. The van der Waals surface area contributed by atoms with Gasteiger partial charge in [-0.3, -0.25) is 9.89 Å². The summed E-state index contributed by atoms with van der Waals surface area (Å²) in [5.74, 6) is -0.110. The van der Waals surface area contributed by atoms with Gasteiger partial charge < -0.3 is 4.90 Å². The van der Waals surface area contributed by atoms with E-state index >= 15 is 0 Å². The highest BCUT2D eigenvalue weighted by Crippen LogP contribution is 2.32. The number of nitrogens with one attached hydrogen (secondary N) is 1. The van der Waals surface area contributed by atoms with E-state index in [2.05, 4.69) is 10.2 Å². The van der Waals surface area contributed by atoms with Crippen LogP contribution in [0.4, 0.5) is 0 Å². The summed E-state index contributed by atoms with van der Waals surface area (Å²) in [6, 6.07) is 5.51. The zero-order valence-electron chi connectivity index (χ0n) is 18.6. The van der Waals surface area contributed by atoms with Crippen molar-refractivity contribution >= 4 is 26.8 Å². The number of aromatic nitrogens is 2. The van der Waals surface area contributed by atoms with Crippen LogP contribution in [0.25, 0.3) is 10.9 Å². The minimum atomic E-state index is -3.65. The summed E-state index contributed by atoms with van der Waals surface area (Å²) >= 11 is 0. The van der Waals surface area contributed by atoms with E-state index in [9.17, 15) is 13.2 Å². The molecule has 1 aromatic heterocycles. The molecule has 7 nitrogen and oxygen atoms in total. The van der Waals surface area contributed by atoms with Gasteiger partial charge in [-0.25, -0.2) is 8.42 Å². The van der Waals surface area contributed by atoms with E-state index in [0.717, 1.165) is 33.2 Å². The van der Waals surface area contributed by atoms with E-state index in [4.69, 9.17) is 0 Å². The number of para-hydroxylation sites is 1. The smallest absolute Gasteiger partial charge is 0.256 e. The lowest BCUT2D eigenvalue weighted by Crippen LogP contribution is -2.50. The van der Waals surface area contributed by atoms with Gasteiger partial charge in [-0.1, -0.05) is 12.1 Å². The largest absolute Gasteiger partial charge is 0.336 e. The summed E-state index contributed by atoms with van der Waals surface area (Å²) in [5, 5.41) is 7.79. The third-order valence-corrected chi connectivity index (χ3v) is 8.94. The molecule has 1 aliphatic heterocycles. The Kier molecular flexibility index (Phi) is 5.39. The molecule has 8 heteroatoms. The van der Waals surface area contributed by atoms with Crippen LogP contribution in [0.3, 0.4) is 0 Å². The van der Waals surface area contributed by atoms with Gasteiger partial charge in [0.25, 0.3) is 5.91 Å². The Bertz CT molecular complexity index is 1260.